The normalized spacial score (nSPS) is 11.1. The van der Waals surface area contributed by atoms with E-state index >= 15 is 0 Å². The number of nitrogens with zero attached hydrogens (tertiary/aromatic N) is 2. The highest BCUT2D eigenvalue weighted by atomic mass is 15.2. The molecule has 0 bridgehead atoms. The molecule has 0 amide bonds. The van der Waals surface area contributed by atoms with Crippen molar-refractivity contribution >= 4 is 17.0 Å². The number of fused-ring (bicyclic) bond motifs is 1. The number of para-hydroxylation sites is 2. The minimum Gasteiger partial charge on any atom is -0.290 e. The number of nitrogens with two attached hydrogens (primary N) is 1. The van der Waals surface area contributed by atoms with Crippen molar-refractivity contribution < 1.29 is 4.57 Å². The van der Waals surface area contributed by atoms with Crippen molar-refractivity contribution in [1.29, 1.82) is 0 Å². The lowest BCUT2D eigenvalue weighted by Gasteiger charge is -1.97. The molecule has 2 N–H and O–H groups in total. The highest BCUT2D eigenvalue weighted by Crippen LogP contribution is 2.15. The minimum absolute atomic E-state index is 0.862. The lowest BCUT2D eigenvalue weighted by molar-refractivity contribution is -0.657. The van der Waals surface area contributed by atoms with E-state index in [0.29, 0.717) is 0 Å². The van der Waals surface area contributed by atoms with Crippen LogP contribution in [0, 0.1) is 0 Å². The van der Waals surface area contributed by atoms with Crippen LogP contribution in [0.2, 0.25) is 0 Å². The first-order valence-electron chi connectivity index (χ1n) is 5.56. The van der Waals surface area contributed by atoms with Gasteiger partial charge < -0.3 is 0 Å². The highest BCUT2D eigenvalue weighted by Gasteiger charge is 2.18. The van der Waals surface area contributed by atoms with E-state index in [1.165, 1.54) is 11.0 Å². The molecule has 0 unspecified atom stereocenters. The topological polar surface area (TPSA) is 34.8 Å². The largest absolute Gasteiger partial charge is 0.356 e. The van der Waals surface area contributed by atoms with Crippen LogP contribution in [0.15, 0.2) is 24.3 Å². The van der Waals surface area contributed by atoms with Crippen LogP contribution >= 0.6 is 0 Å². The van der Waals surface area contributed by atoms with Gasteiger partial charge in [-0.1, -0.05) is 19.1 Å². The molecule has 2 rings (SSSR count). The Bertz CT molecular complexity index is 471. The molecular formula is C12H18N3+. The molecule has 0 aliphatic rings. The predicted octanol–water partition coefficient (Wildman–Crippen LogP) is 1.94. The van der Waals surface area contributed by atoms with Crippen LogP contribution in [0.1, 0.15) is 20.3 Å². The second-order valence-corrected chi connectivity index (χ2v) is 3.74. The zero-order valence-corrected chi connectivity index (χ0v) is 9.40. The Morgan fingerprint density at radius 3 is 2.67 bits per heavy atom. The van der Waals surface area contributed by atoms with Crippen LogP contribution in [0.5, 0.6) is 0 Å². The Labute approximate surface area is 90.1 Å². The fourth-order valence-corrected chi connectivity index (χ4v) is 2.10. The van der Waals surface area contributed by atoms with Gasteiger partial charge in [-0.15, -0.1) is 0 Å². The summed E-state index contributed by atoms with van der Waals surface area (Å²) >= 11 is 0. The zero-order valence-electron chi connectivity index (χ0n) is 9.40. The zero-order chi connectivity index (χ0) is 10.8. The van der Waals surface area contributed by atoms with E-state index < -0.39 is 0 Å². The molecule has 0 atom stereocenters. The van der Waals surface area contributed by atoms with Gasteiger partial charge in [0.05, 0.1) is 13.1 Å². The first kappa shape index (κ1) is 10.0. The molecule has 1 aromatic heterocycles. The molecule has 0 spiro atoms. The maximum Gasteiger partial charge on any atom is 0.356 e. The molecule has 15 heavy (non-hydrogen) atoms. The van der Waals surface area contributed by atoms with Gasteiger partial charge in [-0.3, -0.25) is 5.73 Å². The number of imidazole rings is 1. The third kappa shape index (κ3) is 1.48. The first-order valence-corrected chi connectivity index (χ1v) is 5.56. The Hall–Kier alpha value is -1.51. The maximum absolute atomic E-state index is 6.14. The number of aromatic nitrogens is 2. The van der Waals surface area contributed by atoms with Gasteiger partial charge in [-0.25, -0.2) is 9.13 Å². The van der Waals surface area contributed by atoms with Crippen molar-refractivity contribution in [1.82, 2.24) is 4.57 Å². The Morgan fingerprint density at radius 1 is 1.27 bits per heavy atom. The molecule has 0 aliphatic heterocycles. The van der Waals surface area contributed by atoms with Gasteiger partial charge in [0.1, 0.15) is 11.0 Å². The number of hydrogen-bond donors (Lipinski definition) is 1. The first-order chi connectivity index (χ1) is 7.29. The quantitative estimate of drug-likeness (QED) is 0.762. The number of aryl methyl sites for hydroxylation is 2. The van der Waals surface area contributed by atoms with Crippen LogP contribution < -0.4 is 10.3 Å². The smallest absolute Gasteiger partial charge is 0.290 e. The summed E-state index contributed by atoms with van der Waals surface area (Å²) in [6.07, 6.45) is 1.10. The standard InChI is InChI=1S/C12H17N3/c1-3-9-15-11-8-6-5-7-10(11)14(4-2)12(15)13/h5-8,13H,3-4,9H2,1-2H3/p+1. The van der Waals surface area contributed by atoms with Gasteiger partial charge in [0.15, 0.2) is 0 Å². The fourth-order valence-electron chi connectivity index (χ4n) is 2.10. The summed E-state index contributed by atoms with van der Waals surface area (Å²) < 4.78 is 4.35. The summed E-state index contributed by atoms with van der Waals surface area (Å²) in [4.78, 5) is 0. The average molecular weight is 204 g/mol. The molecule has 3 nitrogen and oxygen atoms in total. The van der Waals surface area contributed by atoms with Gasteiger partial charge >= 0.3 is 5.95 Å². The number of nitrogen functional groups attached to an aromatic ring is 1. The van der Waals surface area contributed by atoms with Crippen molar-refractivity contribution in [2.24, 2.45) is 0 Å². The van der Waals surface area contributed by atoms with Gasteiger partial charge in [-0.2, -0.15) is 0 Å². The van der Waals surface area contributed by atoms with Crippen LogP contribution in [0.4, 0.5) is 5.95 Å². The third-order valence-electron chi connectivity index (χ3n) is 2.78. The van der Waals surface area contributed by atoms with Crippen molar-refractivity contribution in [3.63, 3.8) is 0 Å². The number of anilines is 1. The Balaban J connectivity index is 2.72. The molecule has 2 aromatic rings. The van der Waals surface area contributed by atoms with Gasteiger partial charge in [0.2, 0.25) is 0 Å². The van der Waals surface area contributed by atoms with Crippen molar-refractivity contribution in [2.75, 3.05) is 5.73 Å². The lowest BCUT2D eigenvalue weighted by Crippen LogP contribution is -2.36. The van der Waals surface area contributed by atoms with Gasteiger partial charge in [0.25, 0.3) is 0 Å². The summed E-state index contributed by atoms with van der Waals surface area (Å²) in [5.41, 5.74) is 8.60. The van der Waals surface area contributed by atoms with Crippen LogP contribution in [0.25, 0.3) is 11.0 Å². The van der Waals surface area contributed by atoms with E-state index in [9.17, 15) is 0 Å². The number of rotatable bonds is 3. The SMILES string of the molecule is CCC[n+]1c(N)n(CC)c2ccccc21. The van der Waals surface area contributed by atoms with Crippen LogP contribution in [0.3, 0.4) is 0 Å². The molecule has 0 fully saturated rings. The Kier molecular flexibility index (Phi) is 2.62. The van der Waals surface area contributed by atoms with E-state index in [-0.39, 0.29) is 0 Å². The molecule has 3 heteroatoms. The predicted molar refractivity (Wildman–Crippen MR) is 62.5 cm³/mol. The van der Waals surface area contributed by atoms with E-state index in [2.05, 4.69) is 47.2 Å². The van der Waals surface area contributed by atoms with E-state index in [0.717, 1.165) is 25.5 Å². The van der Waals surface area contributed by atoms with Crippen LogP contribution in [-0.2, 0) is 13.1 Å². The lowest BCUT2D eigenvalue weighted by atomic mass is 10.3. The molecule has 0 aliphatic carbocycles. The Morgan fingerprint density at radius 2 is 2.00 bits per heavy atom. The van der Waals surface area contributed by atoms with Gasteiger partial charge in [-0.05, 0) is 25.5 Å². The summed E-state index contributed by atoms with van der Waals surface area (Å²) in [6.45, 7) is 6.20. The van der Waals surface area contributed by atoms with Gasteiger partial charge in [0, 0.05) is 0 Å². The van der Waals surface area contributed by atoms with E-state index in [1.54, 1.807) is 0 Å². The molecule has 0 saturated heterocycles. The third-order valence-corrected chi connectivity index (χ3v) is 2.78. The monoisotopic (exact) mass is 204 g/mol. The summed E-state index contributed by atoms with van der Waals surface area (Å²) in [7, 11) is 0. The second-order valence-electron chi connectivity index (χ2n) is 3.74. The molecule has 80 valence electrons. The molecular weight excluding hydrogens is 186 g/mol. The van der Waals surface area contributed by atoms with Crippen LogP contribution in [-0.4, -0.2) is 4.57 Å². The van der Waals surface area contributed by atoms with Crippen molar-refractivity contribution in [2.45, 2.75) is 33.4 Å². The molecule has 0 radical (unpaired) electrons. The summed E-state index contributed by atoms with van der Waals surface area (Å²) in [5.74, 6) is 0.862. The minimum atomic E-state index is 0.862. The second kappa shape index (κ2) is 3.93. The van der Waals surface area contributed by atoms with Crippen molar-refractivity contribution in [3.8, 4) is 0 Å². The summed E-state index contributed by atoms with van der Waals surface area (Å²) in [5, 5.41) is 0. The van der Waals surface area contributed by atoms with E-state index in [1.807, 2.05) is 0 Å². The van der Waals surface area contributed by atoms with E-state index in [4.69, 9.17) is 5.73 Å². The van der Waals surface area contributed by atoms with Crippen molar-refractivity contribution in [3.05, 3.63) is 24.3 Å². The maximum atomic E-state index is 6.14. The molecule has 0 saturated carbocycles. The fraction of sp³-hybridized carbons (Fsp3) is 0.417. The number of benzene rings is 1. The highest BCUT2D eigenvalue weighted by molar-refractivity contribution is 5.73. The number of hydrogen-bond acceptors (Lipinski definition) is 1. The molecule has 1 heterocycles. The molecule has 1 aromatic carbocycles. The average Bonchev–Trinajstić information content (AvgIpc) is 2.53. The summed E-state index contributed by atoms with van der Waals surface area (Å²) in [6, 6.07) is 8.38.